The Morgan fingerprint density at radius 2 is 2.30 bits per heavy atom. The highest BCUT2D eigenvalue weighted by molar-refractivity contribution is 5.97. The zero-order valence-corrected chi connectivity index (χ0v) is 12.7. The number of rotatable bonds is 4. The molecule has 0 aromatic carbocycles. The third-order valence-electron chi connectivity index (χ3n) is 4.46. The molecule has 0 saturated heterocycles. The summed E-state index contributed by atoms with van der Waals surface area (Å²) >= 11 is 0. The molecule has 2 aliphatic rings. The summed E-state index contributed by atoms with van der Waals surface area (Å²) in [5, 5.41) is 3.96. The van der Waals surface area contributed by atoms with E-state index in [2.05, 4.69) is 21.4 Å². The van der Waals surface area contributed by atoms with Gasteiger partial charge in [0, 0.05) is 30.6 Å². The second-order valence-corrected chi connectivity index (χ2v) is 6.14. The molecule has 3 heterocycles. The van der Waals surface area contributed by atoms with Crippen molar-refractivity contribution in [2.75, 3.05) is 18.4 Å². The van der Waals surface area contributed by atoms with Crippen LogP contribution in [0.15, 0.2) is 24.4 Å². The van der Waals surface area contributed by atoms with Crippen molar-refractivity contribution in [3.63, 3.8) is 0 Å². The van der Waals surface area contributed by atoms with Crippen LogP contribution in [0.25, 0.3) is 16.6 Å². The molecular formula is C17H18N4O2. The van der Waals surface area contributed by atoms with E-state index in [0.717, 1.165) is 42.3 Å². The predicted molar refractivity (Wildman–Crippen MR) is 87.7 cm³/mol. The number of hydrogen-bond donors (Lipinski definition) is 2. The first-order chi connectivity index (χ1) is 11.2. The number of nitrogens with one attached hydrogen (secondary N) is 2. The molecular weight excluding hydrogens is 292 g/mol. The summed E-state index contributed by atoms with van der Waals surface area (Å²) in [6.45, 7) is 1.34. The first-order valence-electron chi connectivity index (χ1n) is 7.92. The van der Waals surface area contributed by atoms with Gasteiger partial charge in [-0.05, 0) is 42.5 Å². The second-order valence-electron chi connectivity index (χ2n) is 6.14. The summed E-state index contributed by atoms with van der Waals surface area (Å²) in [7, 11) is 0. The van der Waals surface area contributed by atoms with Crippen LogP contribution in [0.5, 0.6) is 0 Å². The summed E-state index contributed by atoms with van der Waals surface area (Å²) < 4.78 is 0. The van der Waals surface area contributed by atoms with Gasteiger partial charge in [-0.25, -0.2) is 4.98 Å². The van der Waals surface area contributed by atoms with E-state index in [-0.39, 0.29) is 11.8 Å². The van der Waals surface area contributed by atoms with Crippen LogP contribution in [0.3, 0.4) is 0 Å². The number of pyridine rings is 1. The van der Waals surface area contributed by atoms with Crippen LogP contribution in [-0.4, -0.2) is 40.3 Å². The SMILES string of the molecule is O=CN1CC=C(c2cc(NC(=O)C3CC3)nc3[nH]ccc23)CC1. The summed E-state index contributed by atoms with van der Waals surface area (Å²) in [6, 6.07) is 3.94. The maximum atomic E-state index is 12.0. The molecule has 0 unspecified atom stereocenters. The summed E-state index contributed by atoms with van der Waals surface area (Å²) in [4.78, 5) is 32.2. The maximum Gasteiger partial charge on any atom is 0.228 e. The molecule has 2 N–H and O–H groups in total. The zero-order chi connectivity index (χ0) is 15.8. The van der Waals surface area contributed by atoms with E-state index in [0.29, 0.717) is 18.9 Å². The van der Waals surface area contributed by atoms with Gasteiger partial charge in [-0.15, -0.1) is 0 Å². The van der Waals surface area contributed by atoms with Crippen LogP contribution in [0, 0.1) is 5.92 Å². The van der Waals surface area contributed by atoms with Crippen LogP contribution < -0.4 is 5.32 Å². The monoisotopic (exact) mass is 310 g/mol. The van der Waals surface area contributed by atoms with Crippen molar-refractivity contribution in [1.29, 1.82) is 0 Å². The minimum Gasteiger partial charge on any atom is -0.346 e. The predicted octanol–water partition coefficient (Wildman–Crippen LogP) is 2.16. The van der Waals surface area contributed by atoms with Gasteiger partial charge in [-0.2, -0.15) is 0 Å². The van der Waals surface area contributed by atoms with E-state index in [1.54, 1.807) is 4.90 Å². The second kappa shape index (κ2) is 5.53. The zero-order valence-electron chi connectivity index (χ0n) is 12.7. The van der Waals surface area contributed by atoms with Crippen molar-refractivity contribution in [2.24, 2.45) is 5.92 Å². The van der Waals surface area contributed by atoms with E-state index in [1.807, 2.05) is 18.3 Å². The van der Waals surface area contributed by atoms with E-state index in [1.165, 1.54) is 5.57 Å². The van der Waals surface area contributed by atoms with Crippen LogP contribution in [0.1, 0.15) is 24.8 Å². The van der Waals surface area contributed by atoms with E-state index >= 15 is 0 Å². The Kier molecular flexibility index (Phi) is 3.37. The largest absolute Gasteiger partial charge is 0.346 e. The van der Waals surface area contributed by atoms with Crippen molar-refractivity contribution >= 4 is 34.7 Å². The van der Waals surface area contributed by atoms with Crippen LogP contribution in [0.2, 0.25) is 0 Å². The number of carbonyl (C=O) groups excluding carboxylic acids is 2. The normalized spacial score (nSPS) is 17.9. The van der Waals surface area contributed by atoms with Crippen molar-refractivity contribution in [3.05, 3.63) is 30.0 Å². The third-order valence-corrected chi connectivity index (χ3v) is 4.46. The lowest BCUT2D eigenvalue weighted by Gasteiger charge is -2.23. The van der Waals surface area contributed by atoms with E-state index < -0.39 is 0 Å². The summed E-state index contributed by atoms with van der Waals surface area (Å²) in [6.07, 6.45) is 7.55. The lowest BCUT2D eigenvalue weighted by Crippen LogP contribution is -2.26. The number of aromatic amines is 1. The van der Waals surface area contributed by atoms with Gasteiger partial charge < -0.3 is 15.2 Å². The van der Waals surface area contributed by atoms with Gasteiger partial charge in [0.15, 0.2) is 0 Å². The molecule has 2 amide bonds. The minimum absolute atomic E-state index is 0.0547. The number of anilines is 1. The lowest BCUT2D eigenvalue weighted by atomic mass is 9.98. The molecule has 6 nitrogen and oxygen atoms in total. The Labute approximate surface area is 133 Å². The van der Waals surface area contributed by atoms with Crippen LogP contribution in [-0.2, 0) is 9.59 Å². The number of fused-ring (bicyclic) bond motifs is 1. The Hall–Kier alpha value is -2.63. The Balaban J connectivity index is 1.69. The van der Waals surface area contributed by atoms with Crippen LogP contribution in [0.4, 0.5) is 5.82 Å². The van der Waals surface area contributed by atoms with E-state index in [9.17, 15) is 9.59 Å². The molecule has 1 aliphatic carbocycles. The van der Waals surface area contributed by atoms with Gasteiger partial charge in [0.2, 0.25) is 12.3 Å². The molecule has 4 rings (SSSR count). The number of nitrogens with zero attached hydrogens (tertiary/aromatic N) is 2. The third kappa shape index (κ3) is 2.72. The fraction of sp³-hybridized carbons (Fsp3) is 0.353. The van der Waals surface area contributed by atoms with Gasteiger partial charge in [-0.3, -0.25) is 9.59 Å². The molecule has 0 radical (unpaired) electrons. The average molecular weight is 310 g/mol. The molecule has 0 spiro atoms. The number of carbonyl (C=O) groups is 2. The molecule has 1 fully saturated rings. The molecule has 2 aromatic heterocycles. The minimum atomic E-state index is 0.0547. The Morgan fingerprint density at radius 1 is 1.43 bits per heavy atom. The van der Waals surface area contributed by atoms with Crippen molar-refractivity contribution in [2.45, 2.75) is 19.3 Å². The van der Waals surface area contributed by atoms with Gasteiger partial charge in [0.1, 0.15) is 11.5 Å². The lowest BCUT2D eigenvalue weighted by molar-refractivity contribution is -0.118. The molecule has 6 heteroatoms. The van der Waals surface area contributed by atoms with Gasteiger partial charge in [0.05, 0.1) is 0 Å². The molecule has 118 valence electrons. The first-order valence-corrected chi connectivity index (χ1v) is 7.92. The first kappa shape index (κ1) is 14.0. The molecule has 23 heavy (non-hydrogen) atoms. The van der Waals surface area contributed by atoms with Crippen molar-refractivity contribution in [1.82, 2.24) is 14.9 Å². The smallest absolute Gasteiger partial charge is 0.228 e. The van der Waals surface area contributed by atoms with Crippen molar-refractivity contribution in [3.8, 4) is 0 Å². The fourth-order valence-electron chi connectivity index (χ4n) is 2.97. The number of H-pyrrole nitrogens is 1. The topological polar surface area (TPSA) is 78.1 Å². The average Bonchev–Trinajstić information content (AvgIpc) is 3.33. The van der Waals surface area contributed by atoms with Crippen LogP contribution >= 0.6 is 0 Å². The number of amides is 2. The molecule has 0 atom stereocenters. The van der Waals surface area contributed by atoms with Gasteiger partial charge >= 0.3 is 0 Å². The highest BCUT2D eigenvalue weighted by atomic mass is 16.2. The Morgan fingerprint density at radius 3 is 3.00 bits per heavy atom. The van der Waals surface area contributed by atoms with Gasteiger partial charge in [0.25, 0.3) is 0 Å². The fourth-order valence-corrected chi connectivity index (χ4v) is 2.97. The summed E-state index contributed by atoms with van der Waals surface area (Å²) in [5.74, 6) is 0.791. The maximum absolute atomic E-state index is 12.0. The molecule has 0 bridgehead atoms. The molecule has 1 saturated carbocycles. The standard InChI is InChI=1S/C17H18N4O2/c22-10-21-7-4-11(5-8-21)14-9-15(20-17(23)12-1-2-12)19-16-13(14)3-6-18-16/h3-4,6,9-10,12H,1-2,5,7-8H2,(H2,18,19,20,23). The van der Waals surface area contributed by atoms with E-state index in [4.69, 9.17) is 0 Å². The molecule has 2 aromatic rings. The molecule has 1 aliphatic heterocycles. The number of hydrogen-bond acceptors (Lipinski definition) is 3. The highest BCUT2D eigenvalue weighted by Gasteiger charge is 2.30. The highest BCUT2D eigenvalue weighted by Crippen LogP contribution is 2.32. The van der Waals surface area contributed by atoms with Crippen molar-refractivity contribution < 1.29 is 9.59 Å². The van der Waals surface area contributed by atoms with Gasteiger partial charge in [-0.1, -0.05) is 6.08 Å². The summed E-state index contributed by atoms with van der Waals surface area (Å²) in [5.41, 5.74) is 3.04. The quantitative estimate of drug-likeness (QED) is 0.849. The Bertz CT molecular complexity index is 804. The number of aromatic nitrogens is 2.